The van der Waals surface area contributed by atoms with Gasteiger partial charge in [-0.05, 0) is 46.1 Å². The average Bonchev–Trinajstić information content (AvgIpc) is 2.72. The minimum absolute atomic E-state index is 0.274. The van der Waals surface area contributed by atoms with Crippen molar-refractivity contribution < 1.29 is 38.9 Å². The Morgan fingerprint density at radius 3 is 2.09 bits per heavy atom. The molecule has 1 aliphatic rings. The normalized spacial score (nSPS) is 18.3. The molecule has 0 aromatic heterocycles. The molecule has 1 heterocycles. The van der Waals surface area contributed by atoms with E-state index in [2.05, 4.69) is 0 Å². The van der Waals surface area contributed by atoms with E-state index < -0.39 is 23.0 Å². The predicted molar refractivity (Wildman–Crippen MR) is 116 cm³/mol. The van der Waals surface area contributed by atoms with Gasteiger partial charge in [-0.25, -0.2) is 14.4 Å². The summed E-state index contributed by atoms with van der Waals surface area (Å²) in [5.74, 6) is -2.79. The fraction of sp³-hybridized carbons (Fsp3) is 0.478. The van der Waals surface area contributed by atoms with E-state index >= 15 is 0 Å². The van der Waals surface area contributed by atoms with Crippen molar-refractivity contribution in [3.05, 3.63) is 48.0 Å². The summed E-state index contributed by atoms with van der Waals surface area (Å²) in [6, 6.07) is 9.58. The summed E-state index contributed by atoms with van der Waals surface area (Å²) in [5, 5.41) is 15.6. The lowest BCUT2D eigenvalue weighted by Gasteiger charge is -2.41. The molecule has 1 aromatic rings. The van der Waals surface area contributed by atoms with Crippen molar-refractivity contribution in [3.8, 4) is 0 Å². The van der Waals surface area contributed by atoms with Gasteiger partial charge >= 0.3 is 24.0 Å². The Kier molecular flexibility index (Phi) is 9.90. The number of benzene rings is 1. The minimum atomic E-state index is -1.26. The van der Waals surface area contributed by atoms with Crippen molar-refractivity contribution in [2.24, 2.45) is 0 Å². The van der Waals surface area contributed by atoms with Crippen LogP contribution in [0.2, 0.25) is 0 Å². The summed E-state index contributed by atoms with van der Waals surface area (Å²) in [7, 11) is 0. The summed E-state index contributed by atoms with van der Waals surface area (Å²) in [4.78, 5) is 46.0. The summed E-state index contributed by atoms with van der Waals surface area (Å²) in [6.07, 6.45) is 2.12. The van der Waals surface area contributed by atoms with Crippen LogP contribution in [0.15, 0.2) is 42.5 Å². The Morgan fingerprint density at radius 1 is 1.06 bits per heavy atom. The average molecular weight is 450 g/mol. The van der Waals surface area contributed by atoms with Crippen LogP contribution in [0.5, 0.6) is 0 Å². The second kappa shape index (κ2) is 11.9. The number of carboxylic acid groups (broad SMARTS) is 2. The first kappa shape index (κ1) is 26.7. The molecule has 0 aliphatic carbocycles. The monoisotopic (exact) mass is 449 g/mol. The van der Waals surface area contributed by atoms with Gasteiger partial charge in [0.2, 0.25) is 0 Å². The van der Waals surface area contributed by atoms with E-state index in [4.69, 9.17) is 19.7 Å². The molecule has 1 atom stereocenters. The maximum atomic E-state index is 12.8. The topological polar surface area (TPSA) is 130 Å². The number of esters is 1. The molecule has 9 heteroatoms. The molecule has 2 N–H and O–H groups in total. The smallest absolute Gasteiger partial charge is 0.410 e. The van der Waals surface area contributed by atoms with Crippen LogP contribution < -0.4 is 0 Å². The van der Waals surface area contributed by atoms with Gasteiger partial charge < -0.3 is 24.6 Å². The third-order valence-corrected chi connectivity index (χ3v) is 4.51. The Hall–Kier alpha value is -3.36. The second-order valence-electron chi connectivity index (χ2n) is 8.18. The van der Waals surface area contributed by atoms with Crippen LogP contribution in [0, 0.1) is 0 Å². The molecule has 9 nitrogen and oxygen atoms in total. The largest absolute Gasteiger partial charge is 0.478 e. The van der Waals surface area contributed by atoms with Crippen LogP contribution in [-0.4, -0.2) is 64.4 Å². The van der Waals surface area contributed by atoms with Gasteiger partial charge in [-0.3, -0.25) is 4.79 Å². The van der Waals surface area contributed by atoms with Crippen LogP contribution in [0.4, 0.5) is 4.79 Å². The van der Waals surface area contributed by atoms with Gasteiger partial charge in [0, 0.05) is 25.2 Å². The van der Waals surface area contributed by atoms with Gasteiger partial charge in [-0.15, -0.1) is 0 Å². The number of amides is 1. The standard InChI is InChI=1S/C19H27NO4.C4H4O4/c1-5-23-16(21)19(15-10-7-6-8-11-15)12-9-13-20(14-19)17(22)24-18(2,3)4;5-3(6)1-2-4(7)8/h6-8,10-11H,5,9,12-14H2,1-4H3;1-2H,(H,5,6)(H,7,8)/b;2-1+. The maximum absolute atomic E-state index is 12.8. The molecule has 1 fully saturated rings. The van der Waals surface area contributed by atoms with Gasteiger partial charge in [0.25, 0.3) is 0 Å². The molecule has 0 bridgehead atoms. The lowest BCUT2D eigenvalue weighted by Crippen LogP contribution is -2.54. The van der Waals surface area contributed by atoms with E-state index in [0.717, 1.165) is 12.0 Å². The molecule has 32 heavy (non-hydrogen) atoms. The minimum Gasteiger partial charge on any atom is -0.478 e. The Morgan fingerprint density at radius 2 is 1.62 bits per heavy atom. The van der Waals surface area contributed by atoms with Crippen molar-refractivity contribution in [1.82, 2.24) is 4.90 Å². The number of ether oxygens (including phenoxy) is 2. The van der Waals surface area contributed by atoms with Crippen LogP contribution in [0.1, 0.15) is 46.1 Å². The lowest BCUT2D eigenvalue weighted by molar-refractivity contribution is -0.152. The molecule has 0 radical (unpaired) electrons. The van der Waals surface area contributed by atoms with E-state index in [1.165, 1.54) is 0 Å². The van der Waals surface area contributed by atoms with Crippen molar-refractivity contribution >= 4 is 24.0 Å². The van der Waals surface area contributed by atoms with Gasteiger partial charge in [0.15, 0.2) is 0 Å². The number of likely N-dealkylation sites (tertiary alicyclic amines) is 1. The van der Waals surface area contributed by atoms with Crippen LogP contribution in [-0.2, 0) is 29.3 Å². The highest BCUT2D eigenvalue weighted by Crippen LogP contribution is 2.36. The number of nitrogens with zero attached hydrogens (tertiary/aromatic N) is 1. The lowest BCUT2D eigenvalue weighted by atomic mass is 9.74. The maximum Gasteiger partial charge on any atom is 0.410 e. The summed E-state index contributed by atoms with van der Waals surface area (Å²) in [5.41, 5.74) is -0.503. The number of carboxylic acids is 2. The van der Waals surface area contributed by atoms with Gasteiger partial charge in [0.05, 0.1) is 6.61 Å². The molecule has 0 spiro atoms. The fourth-order valence-corrected chi connectivity index (χ4v) is 3.23. The van der Waals surface area contributed by atoms with Crippen molar-refractivity contribution in [3.63, 3.8) is 0 Å². The first-order chi connectivity index (χ1) is 14.9. The summed E-state index contributed by atoms with van der Waals surface area (Å²) >= 11 is 0. The molecule has 1 amide bonds. The van der Waals surface area contributed by atoms with E-state index in [1.807, 2.05) is 51.1 Å². The molecule has 0 saturated carbocycles. The van der Waals surface area contributed by atoms with Crippen molar-refractivity contribution in [2.75, 3.05) is 19.7 Å². The molecular formula is C23H31NO8. The van der Waals surface area contributed by atoms with E-state index in [-0.39, 0.29) is 18.6 Å². The molecule has 1 unspecified atom stereocenters. The first-order valence-corrected chi connectivity index (χ1v) is 10.3. The van der Waals surface area contributed by atoms with Gasteiger partial charge in [0.1, 0.15) is 11.0 Å². The summed E-state index contributed by atoms with van der Waals surface area (Å²) < 4.78 is 10.8. The van der Waals surface area contributed by atoms with Crippen LogP contribution in [0.25, 0.3) is 0 Å². The van der Waals surface area contributed by atoms with E-state index in [1.54, 1.807) is 11.8 Å². The Balaban J connectivity index is 0.000000547. The van der Waals surface area contributed by atoms with Crippen molar-refractivity contribution in [1.29, 1.82) is 0 Å². The van der Waals surface area contributed by atoms with E-state index in [0.29, 0.717) is 31.7 Å². The quantitative estimate of drug-likeness (QED) is 0.517. The SMILES string of the molecule is CCOC(=O)C1(c2ccccc2)CCCN(C(=O)OC(C)(C)C)C1.O=C(O)/C=C/C(=O)O. The number of rotatable bonds is 5. The Bertz CT molecular complexity index is 812. The first-order valence-electron chi connectivity index (χ1n) is 10.3. The number of carbonyl (C=O) groups is 4. The molecule has 2 rings (SSSR count). The second-order valence-corrected chi connectivity index (χ2v) is 8.18. The van der Waals surface area contributed by atoms with Gasteiger partial charge in [-0.1, -0.05) is 30.3 Å². The molecule has 1 saturated heterocycles. The number of piperidine rings is 1. The zero-order chi connectivity index (χ0) is 24.4. The van der Waals surface area contributed by atoms with E-state index in [9.17, 15) is 19.2 Å². The fourth-order valence-electron chi connectivity index (χ4n) is 3.23. The van der Waals surface area contributed by atoms with Crippen LogP contribution in [0.3, 0.4) is 0 Å². The van der Waals surface area contributed by atoms with Crippen molar-refractivity contribution in [2.45, 2.75) is 51.6 Å². The molecule has 1 aromatic carbocycles. The molecule has 176 valence electrons. The van der Waals surface area contributed by atoms with Crippen LogP contribution >= 0.6 is 0 Å². The number of carbonyl (C=O) groups excluding carboxylic acids is 2. The number of hydrogen-bond acceptors (Lipinski definition) is 6. The number of hydrogen-bond donors (Lipinski definition) is 2. The highest BCUT2D eigenvalue weighted by atomic mass is 16.6. The van der Waals surface area contributed by atoms with Gasteiger partial charge in [-0.2, -0.15) is 0 Å². The number of aliphatic carboxylic acids is 2. The third-order valence-electron chi connectivity index (χ3n) is 4.51. The predicted octanol–water partition coefficient (Wildman–Crippen LogP) is 3.23. The Labute approximate surface area is 187 Å². The molecule has 1 aliphatic heterocycles. The highest BCUT2D eigenvalue weighted by molar-refractivity contribution is 5.89. The zero-order valence-electron chi connectivity index (χ0n) is 18.9. The third kappa shape index (κ3) is 8.41. The summed E-state index contributed by atoms with van der Waals surface area (Å²) in [6.45, 7) is 8.50. The zero-order valence-corrected chi connectivity index (χ0v) is 18.9. The molecular weight excluding hydrogens is 418 g/mol. The highest BCUT2D eigenvalue weighted by Gasteiger charge is 2.46.